The first-order chi connectivity index (χ1) is 6.98. The number of rotatable bonds is 0. The monoisotopic (exact) mass is 217 g/mol. The van der Waals surface area contributed by atoms with Crippen LogP contribution in [0.4, 0.5) is 18.9 Å². The maximum atomic E-state index is 12.5. The van der Waals surface area contributed by atoms with Gasteiger partial charge in [0.25, 0.3) is 5.91 Å². The lowest BCUT2D eigenvalue weighted by atomic mass is 10.1. The third-order valence-electron chi connectivity index (χ3n) is 1.94. The molecule has 0 bridgehead atoms. The fourth-order valence-electron chi connectivity index (χ4n) is 1.34. The number of anilines is 1. The Morgan fingerprint density at radius 1 is 1.33 bits per heavy atom. The van der Waals surface area contributed by atoms with Gasteiger partial charge in [0.1, 0.15) is 0 Å². The van der Waals surface area contributed by atoms with E-state index in [0.717, 1.165) is 6.07 Å². The molecule has 15 heavy (non-hydrogen) atoms. The minimum absolute atomic E-state index is 0.0566. The Morgan fingerprint density at radius 2 is 2.07 bits per heavy atom. The first kappa shape index (κ1) is 9.82. The maximum Gasteiger partial charge on any atom is 0.420 e. The molecule has 1 aliphatic rings. The average molecular weight is 217 g/mol. The van der Waals surface area contributed by atoms with E-state index < -0.39 is 17.6 Å². The molecule has 0 aliphatic carbocycles. The second kappa shape index (κ2) is 3.15. The number of para-hydroxylation sites is 1. The summed E-state index contributed by atoms with van der Waals surface area (Å²) in [6, 6.07) is 3.49. The van der Waals surface area contributed by atoms with E-state index in [-0.39, 0.29) is 18.0 Å². The lowest BCUT2D eigenvalue weighted by molar-refractivity contribution is -0.139. The van der Waals surface area contributed by atoms with E-state index in [1.807, 2.05) is 0 Å². The molecule has 0 unspecified atom stereocenters. The zero-order chi connectivity index (χ0) is 11.1. The van der Waals surface area contributed by atoms with E-state index in [9.17, 15) is 18.0 Å². The van der Waals surface area contributed by atoms with E-state index in [2.05, 4.69) is 5.32 Å². The van der Waals surface area contributed by atoms with Crippen LogP contribution in [0, 0.1) is 0 Å². The molecule has 0 saturated heterocycles. The number of nitrogens with one attached hydrogen (secondary N) is 1. The Kier molecular flexibility index (Phi) is 2.06. The maximum absolute atomic E-state index is 12.5. The molecule has 0 atom stereocenters. The summed E-state index contributed by atoms with van der Waals surface area (Å²) in [4.78, 5) is 10.9. The van der Waals surface area contributed by atoms with Crippen LogP contribution in [0.15, 0.2) is 18.2 Å². The number of carbonyl (C=O) groups excluding carboxylic acids is 1. The number of hydrogen-bond acceptors (Lipinski definition) is 2. The molecule has 0 saturated carbocycles. The topological polar surface area (TPSA) is 38.3 Å². The lowest BCUT2D eigenvalue weighted by Crippen LogP contribution is -2.27. The molecule has 1 aliphatic heterocycles. The quantitative estimate of drug-likeness (QED) is 0.722. The number of alkyl halides is 3. The van der Waals surface area contributed by atoms with Crippen LogP contribution in [0.25, 0.3) is 0 Å². The van der Waals surface area contributed by atoms with Gasteiger partial charge < -0.3 is 10.1 Å². The fourth-order valence-corrected chi connectivity index (χ4v) is 1.34. The summed E-state index contributed by atoms with van der Waals surface area (Å²) in [5.41, 5.74) is -0.818. The second-order valence-corrected chi connectivity index (χ2v) is 3.02. The van der Waals surface area contributed by atoms with Crippen molar-refractivity contribution in [3.63, 3.8) is 0 Å². The van der Waals surface area contributed by atoms with E-state index in [1.165, 1.54) is 12.1 Å². The van der Waals surface area contributed by atoms with Crippen molar-refractivity contribution in [2.75, 3.05) is 11.9 Å². The van der Waals surface area contributed by atoms with Crippen LogP contribution in [0.5, 0.6) is 5.75 Å². The molecular weight excluding hydrogens is 211 g/mol. The number of ether oxygens (including phenoxy) is 1. The summed E-state index contributed by atoms with van der Waals surface area (Å²) < 4.78 is 42.2. The van der Waals surface area contributed by atoms with Crippen LogP contribution in [-0.2, 0) is 11.0 Å². The molecule has 80 valence electrons. The molecule has 1 amide bonds. The van der Waals surface area contributed by atoms with Crippen LogP contribution in [0.2, 0.25) is 0 Å². The highest BCUT2D eigenvalue weighted by molar-refractivity contribution is 5.95. The van der Waals surface area contributed by atoms with Crippen molar-refractivity contribution in [2.24, 2.45) is 0 Å². The van der Waals surface area contributed by atoms with Gasteiger partial charge in [0.05, 0.1) is 11.3 Å². The van der Waals surface area contributed by atoms with Crippen molar-refractivity contribution in [2.45, 2.75) is 6.18 Å². The molecule has 1 aromatic carbocycles. The van der Waals surface area contributed by atoms with Crippen molar-refractivity contribution in [1.82, 2.24) is 0 Å². The largest absolute Gasteiger partial charge is 0.481 e. The van der Waals surface area contributed by atoms with Crippen LogP contribution in [0.1, 0.15) is 5.56 Å². The molecule has 0 aromatic heterocycles. The molecule has 0 radical (unpaired) electrons. The van der Waals surface area contributed by atoms with E-state index in [1.54, 1.807) is 0 Å². The van der Waals surface area contributed by atoms with Gasteiger partial charge in [-0.2, -0.15) is 13.2 Å². The van der Waals surface area contributed by atoms with Gasteiger partial charge >= 0.3 is 6.18 Å². The molecule has 0 spiro atoms. The van der Waals surface area contributed by atoms with Crippen molar-refractivity contribution in [1.29, 1.82) is 0 Å². The molecule has 1 heterocycles. The van der Waals surface area contributed by atoms with Crippen LogP contribution >= 0.6 is 0 Å². The highest BCUT2D eigenvalue weighted by Gasteiger charge is 2.36. The van der Waals surface area contributed by atoms with Gasteiger partial charge in [0, 0.05) is 0 Å². The predicted molar refractivity (Wildman–Crippen MR) is 45.6 cm³/mol. The van der Waals surface area contributed by atoms with Crippen molar-refractivity contribution in [3.8, 4) is 5.75 Å². The summed E-state index contributed by atoms with van der Waals surface area (Å²) in [5.74, 6) is -0.772. The Labute approximate surface area is 82.8 Å². The number of hydrogen-bond donors (Lipinski definition) is 1. The van der Waals surface area contributed by atoms with Gasteiger partial charge in [-0.3, -0.25) is 4.79 Å². The standard InChI is InChI=1S/C9H6F3NO2/c10-9(11,12)5-2-1-3-6-8(5)15-4-7(14)13-6/h1-3H,4H2,(H,13,14). The number of benzene rings is 1. The third-order valence-corrected chi connectivity index (χ3v) is 1.94. The minimum Gasteiger partial charge on any atom is -0.481 e. The van der Waals surface area contributed by atoms with Gasteiger partial charge in [0.2, 0.25) is 0 Å². The third kappa shape index (κ3) is 1.74. The van der Waals surface area contributed by atoms with E-state index >= 15 is 0 Å². The first-order valence-electron chi connectivity index (χ1n) is 4.11. The fraction of sp³-hybridized carbons (Fsp3) is 0.222. The molecule has 3 nitrogen and oxygen atoms in total. The number of fused-ring (bicyclic) bond motifs is 1. The highest BCUT2D eigenvalue weighted by Crippen LogP contribution is 2.41. The van der Waals surface area contributed by atoms with Crippen LogP contribution < -0.4 is 10.1 Å². The summed E-state index contributed by atoms with van der Waals surface area (Å²) in [7, 11) is 0. The van der Waals surface area contributed by atoms with Gasteiger partial charge in [-0.05, 0) is 12.1 Å². The van der Waals surface area contributed by atoms with Crippen LogP contribution in [-0.4, -0.2) is 12.5 Å². The van der Waals surface area contributed by atoms with Gasteiger partial charge in [-0.15, -0.1) is 0 Å². The normalized spacial score (nSPS) is 15.3. The van der Waals surface area contributed by atoms with Gasteiger partial charge in [-0.25, -0.2) is 0 Å². The summed E-state index contributed by atoms with van der Waals surface area (Å²) in [6.07, 6.45) is -4.48. The summed E-state index contributed by atoms with van der Waals surface area (Å²) in [6.45, 7) is -0.389. The van der Waals surface area contributed by atoms with Crippen molar-refractivity contribution >= 4 is 11.6 Å². The molecule has 1 aromatic rings. The molecule has 0 fully saturated rings. The smallest absolute Gasteiger partial charge is 0.420 e. The Bertz CT molecular complexity index is 414. The average Bonchev–Trinajstić information content (AvgIpc) is 2.15. The first-order valence-corrected chi connectivity index (χ1v) is 4.11. The van der Waals surface area contributed by atoms with Gasteiger partial charge in [-0.1, -0.05) is 6.07 Å². The molecule has 6 heteroatoms. The zero-order valence-electron chi connectivity index (χ0n) is 7.39. The molecule has 2 rings (SSSR count). The highest BCUT2D eigenvalue weighted by atomic mass is 19.4. The second-order valence-electron chi connectivity index (χ2n) is 3.02. The lowest BCUT2D eigenvalue weighted by Gasteiger charge is -2.21. The predicted octanol–water partition coefficient (Wildman–Crippen LogP) is 2.04. The Hall–Kier alpha value is -1.72. The van der Waals surface area contributed by atoms with Crippen molar-refractivity contribution < 1.29 is 22.7 Å². The Morgan fingerprint density at radius 3 is 2.73 bits per heavy atom. The number of halogens is 3. The summed E-state index contributed by atoms with van der Waals surface area (Å²) >= 11 is 0. The molecule has 1 N–H and O–H groups in total. The van der Waals surface area contributed by atoms with Gasteiger partial charge in [0.15, 0.2) is 12.4 Å². The van der Waals surface area contributed by atoms with Crippen LogP contribution in [0.3, 0.4) is 0 Å². The van der Waals surface area contributed by atoms with Crippen molar-refractivity contribution in [3.05, 3.63) is 23.8 Å². The summed E-state index contributed by atoms with van der Waals surface area (Å²) in [5, 5.41) is 2.31. The zero-order valence-corrected chi connectivity index (χ0v) is 7.39. The van der Waals surface area contributed by atoms with E-state index in [0.29, 0.717) is 0 Å². The number of amides is 1. The Balaban J connectivity index is 2.51. The molecular formula is C9H6F3NO2. The minimum atomic E-state index is -4.48. The number of carbonyl (C=O) groups is 1. The SMILES string of the molecule is O=C1COc2c(cccc2C(F)(F)F)N1. The van der Waals surface area contributed by atoms with E-state index in [4.69, 9.17) is 4.74 Å².